The first-order valence-electron chi connectivity index (χ1n) is 3.58. The summed E-state index contributed by atoms with van der Waals surface area (Å²) in [6.07, 6.45) is 0.312. The summed E-state index contributed by atoms with van der Waals surface area (Å²) in [7, 11) is -3.15. The van der Waals surface area contributed by atoms with Crippen LogP contribution in [0.1, 0.15) is 20.8 Å². The lowest BCUT2D eigenvalue weighted by Gasteiger charge is -2.28. The molecule has 1 N–H and O–H groups in total. The molecule has 0 aliphatic rings. The van der Waals surface area contributed by atoms with E-state index in [2.05, 4.69) is 0 Å². The van der Waals surface area contributed by atoms with Crippen molar-refractivity contribution in [2.75, 3.05) is 6.26 Å². The zero-order valence-corrected chi connectivity index (χ0v) is 10.7. The molecule has 0 rings (SSSR count). The lowest BCUT2D eigenvalue weighted by Crippen LogP contribution is -2.38. The average molecular weight is 306 g/mol. The fourth-order valence-corrected chi connectivity index (χ4v) is 2.58. The van der Waals surface area contributed by atoms with Crippen LogP contribution in [0.15, 0.2) is 0 Å². The summed E-state index contributed by atoms with van der Waals surface area (Å²) >= 11 is 1.76. The van der Waals surface area contributed by atoms with Crippen molar-refractivity contribution in [2.45, 2.75) is 30.1 Å². The van der Waals surface area contributed by atoms with Crippen molar-refractivity contribution in [3.05, 3.63) is 0 Å². The molecule has 0 aromatic rings. The van der Waals surface area contributed by atoms with Gasteiger partial charge in [-0.15, -0.1) is 0 Å². The monoisotopic (exact) mass is 306 g/mol. The summed E-state index contributed by atoms with van der Waals surface area (Å²) in [5, 5.41) is 9.60. The van der Waals surface area contributed by atoms with Crippen LogP contribution in [0.3, 0.4) is 0 Å². The SMILES string of the molecule is CC(C)(C)[C@H](O)[C@H](I)S(C)(=O)=O. The predicted molar refractivity (Wildman–Crippen MR) is 58.1 cm³/mol. The van der Waals surface area contributed by atoms with Gasteiger partial charge in [0.05, 0.1) is 6.10 Å². The quantitative estimate of drug-likeness (QED) is 0.616. The van der Waals surface area contributed by atoms with Gasteiger partial charge in [0, 0.05) is 6.26 Å². The molecule has 0 saturated heterocycles. The maximum absolute atomic E-state index is 11.1. The van der Waals surface area contributed by atoms with E-state index >= 15 is 0 Å². The second-order valence-electron chi connectivity index (χ2n) is 3.99. The molecule has 0 aromatic heterocycles. The molecule has 0 heterocycles. The van der Waals surface area contributed by atoms with Crippen molar-refractivity contribution in [3.8, 4) is 0 Å². The first-order valence-corrected chi connectivity index (χ1v) is 6.78. The molecule has 0 radical (unpaired) electrons. The van der Waals surface area contributed by atoms with E-state index in [-0.39, 0.29) is 0 Å². The van der Waals surface area contributed by atoms with Gasteiger partial charge < -0.3 is 5.11 Å². The Kier molecular flexibility index (Phi) is 3.99. The normalized spacial score (nSPS) is 18.8. The lowest BCUT2D eigenvalue weighted by atomic mass is 9.90. The topological polar surface area (TPSA) is 54.4 Å². The summed E-state index contributed by atoms with van der Waals surface area (Å²) in [6, 6.07) is 0. The van der Waals surface area contributed by atoms with Crippen LogP contribution in [-0.4, -0.2) is 29.1 Å². The third-order valence-electron chi connectivity index (χ3n) is 1.54. The van der Waals surface area contributed by atoms with Gasteiger partial charge in [0.1, 0.15) is 3.26 Å². The summed E-state index contributed by atoms with van der Waals surface area (Å²) in [5.74, 6) is 0. The Labute approximate surface area is 87.6 Å². The molecule has 0 spiro atoms. The van der Waals surface area contributed by atoms with Crippen molar-refractivity contribution in [1.82, 2.24) is 0 Å². The third kappa shape index (κ3) is 3.57. The number of aliphatic hydroxyl groups is 1. The van der Waals surface area contributed by atoms with Crippen LogP contribution in [0.25, 0.3) is 0 Å². The molecule has 74 valence electrons. The van der Waals surface area contributed by atoms with Gasteiger partial charge in [-0.2, -0.15) is 0 Å². The van der Waals surface area contributed by atoms with Crippen LogP contribution in [0, 0.1) is 5.41 Å². The lowest BCUT2D eigenvalue weighted by molar-refractivity contribution is 0.0790. The van der Waals surface area contributed by atoms with Gasteiger partial charge in [-0.3, -0.25) is 0 Å². The third-order valence-corrected chi connectivity index (χ3v) is 6.07. The molecule has 0 amide bonds. The molecule has 0 aliphatic carbocycles. The second kappa shape index (κ2) is 3.79. The van der Waals surface area contributed by atoms with Crippen LogP contribution in [-0.2, 0) is 9.84 Å². The molecule has 0 saturated carbocycles. The molecule has 0 aliphatic heterocycles. The molecule has 2 atom stereocenters. The van der Waals surface area contributed by atoms with E-state index in [4.69, 9.17) is 0 Å². The zero-order valence-electron chi connectivity index (χ0n) is 7.70. The number of aliphatic hydroxyl groups excluding tert-OH is 1. The Hall–Kier alpha value is 0.640. The average Bonchev–Trinajstić information content (AvgIpc) is 1.80. The van der Waals surface area contributed by atoms with Crippen molar-refractivity contribution in [2.24, 2.45) is 5.41 Å². The summed E-state index contributed by atoms with van der Waals surface area (Å²) < 4.78 is 21.4. The Morgan fingerprint density at radius 2 is 1.67 bits per heavy atom. The molecule has 0 aromatic carbocycles. The fraction of sp³-hybridized carbons (Fsp3) is 1.00. The number of alkyl halides is 1. The minimum absolute atomic E-state index is 0.394. The minimum atomic E-state index is -3.15. The van der Waals surface area contributed by atoms with Crippen LogP contribution >= 0.6 is 22.6 Å². The van der Waals surface area contributed by atoms with Gasteiger partial charge in [-0.1, -0.05) is 43.4 Å². The van der Waals surface area contributed by atoms with Gasteiger partial charge in [-0.05, 0) is 5.41 Å². The Bertz CT molecular complexity index is 240. The molecule has 0 fully saturated rings. The van der Waals surface area contributed by atoms with Crippen LogP contribution in [0.5, 0.6) is 0 Å². The molecule has 0 bridgehead atoms. The zero-order chi connectivity index (χ0) is 10.2. The first-order chi connectivity index (χ1) is 5.07. The maximum Gasteiger partial charge on any atom is 0.162 e. The highest BCUT2D eigenvalue weighted by molar-refractivity contribution is 14.1. The fourth-order valence-electron chi connectivity index (χ4n) is 0.627. The summed E-state index contributed by atoms with van der Waals surface area (Å²) in [4.78, 5) is 0. The van der Waals surface area contributed by atoms with Gasteiger partial charge >= 0.3 is 0 Å². The number of hydrogen-bond acceptors (Lipinski definition) is 3. The van der Waals surface area contributed by atoms with Gasteiger partial charge in [0.15, 0.2) is 9.84 Å². The number of halogens is 1. The van der Waals surface area contributed by atoms with E-state index in [1.54, 1.807) is 22.6 Å². The summed E-state index contributed by atoms with van der Waals surface area (Å²) in [5.41, 5.74) is -0.394. The molecular formula is C7H15IO3S. The Morgan fingerprint density at radius 1 is 1.33 bits per heavy atom. The smallest absolute Gasteiger partial charge is 0.162 e. The maximum atomic E-state index is 11.1. The van der Waals surface area contributed by atoms with Crippen molar-refractivity contribution in [3.63, 3.8) is 0 Å². The van der Waals surface area contributed by atoms with E-state index in [0.717, 1.165) is 6.26 Å². The van der Waals surface area contributed by atoms with Crippen LogP contribution in [0.4, 0.5) is 0 Å². The molecule has 12 heavy (non-hydrogen) atoms. The first kappa shape index (κ1) is 12.6. The number of sulfone groups is 1. The second-order valence-corrected chi connectivity index (χ2v) is 8.35. The molecule has 5 heteroatoms. The standard InChI is InChI=1S/C7H15IO3S/c1-7(2,3)5(9)6(8)12(4,10)11/h5-6,9H,1-4H3/t5-,6-/m1/s1. The van der Waals surface area contributed by atoms with E-state index < -0.39 is 24.6 Å². The highest BCUT2D eigenvalue weighted by Gasteiger charge is 2.34. The van der Waals surface area contributed by atoms with Crippen LogP contribution < -0.4 is 0 Å². The van der Waals surface area contributed by atoms with Gasteiger partial charge in [-0.25, -0.2) is 8.42 Å². The Balaban J connectivity index is 4.64. The van der Waals surface area contributed by atoms with Gasteiger partial charge in [0.25, 0.3) is 0 Å². The number of hydrogen-bond donors (Lipinski definition) is 1. The van der Waals surface area contributed by atoms with Gasteiger partial charge in [0.2, 0.25) is 0 Å². The van der Waals surface area contributed by atoms with Crippen molar-refractivity contribution in [1.29, 1.82) is 0 Å². The van der Waals surface area contributed by atoms with Crippen LogP contribution in [0.2, 0.25) is 0 Å². The highest BCUT2D eigenvalue weighted by atomic mass is 127. The number of rotatable bonds is 2. The van der Waals surface area contributed by atoms with E-state index in [9.17, 15) is 13.5 Å². The largest absolute Gasteiger partial charge is 0.390 e. The predicted octanol–water partition coefficient (Wildman–Crippen LogP) is 1.20. The molecular weight excluding hydrogens is 291 g/mol. The minimum Gasteiger partial charge on any atom is -0.390 e. The Morgan fingerprint density at radius 3 is 1.75 bits per heavy atom. The van der Waals surface area contributed by atoms with E-state index in [1.807, 2.05) is 20.8 Å². The molecule has 0 unspecified atom stereocenters. The highest BCUT2D eigenvalue weighted by Crippen LogP contribution is 2.28. The molecule has 3 nitrogen and oxygen atoms in total. The van der Waals surface area contributed by atoms with Crippen molar-refractivity contribution < 1.29 is 13.5 Å². The van der Waals surface area contributed by atoms with E-state index in [1.165, 1.54) is 0 Å². The summed E-state index contributed by atoms with van der Waals surface area (Å²) in [6.45, 7) is 5.44. The van der Waals surface area contributed by atoms with E-state index in [0.29, 0.717) is 0 Å². The van der Waals surface area contributed by atoms with Crippen molar-refractivity contribution >= 4 is 32.4 Å².